The molecule has 1 aromatic rings. The van der Waals surface area contributed by atoms with Gasteiger partial charge in [-0.25, -0.2) is 0 Å². The number of aryl methyl sites for hydroxylation is 1. The van der Waals surface area contributed by atoms with E-state index in [4.69, 9.17) is 5.73 Å². The maximum Gasteiger partial charge on any atom is 0.327 e. The molecule has 0 fully saturated rings. The average Bonchev–Trinajstić information content (AvgIpc) is 2.39. The summed E-state index contributed by atoms with van der Waals surface area (Å²) in [5.74, 6) is 0.411. The number of rotatable bonds is 1. The van der Waals surface area contributed by atoms with Crippen LogP contribution in [0.25, 0.3) is 0 Å². The van der Waals surface area contributed by atoms with E-state index in [0.29, 0.717) is 5.96 Å². The molecule has 0 radical (unpaired) electrons. The van der Waals surface area contributed by atoms with Crippen LogP contribution in [0.5, 0.6) is 0 Å². The summed E-state index contributed by atoms with van der Waals surface area (Å²) in [6.45, 7) is 0. The Labute approximate surface area is 101 Å². The van der Waals surface area contributed by atoms with E-state index < -0.39 is 0 Å². The van der Waals surface area contributed by atoms with Crippen molar-refractivity contribution in [3.05, 3.63) is 35.4 Å². The van der Waals surface area contributed by atoms with Crippen molar-refractivity contribution in [2.75, 3.05) is 7.05 Å². The van der Waals surface area contributed by atoms with Crippen molar-refractivity contribution < 1.29 is 4.58 Å². The molecule has 88 valence electrons. The highest BCUT2D eigenvalue weighted by Gasteiger charge is 2.26. The number of nitriles is 1. The minimum atomic E-state index is 0.0670. The highest BCUT2D eigenvalue weighted by atomic mass is 15.2. The van der Waals surface area contributed by atoms with Gasteiger partial charge < -0.3 is 5.73 Å². The molecule has 2 rings (SSSR count). The lowest BCUT2D eigenvalue weighted by atomic mass is 9.87. The number of nitrogens with zero attached hydrogens (tertiary/aromatic N) is 2. The van der Waals surface area contributed by atoms with Crippen LogP contribution in [0.15, 0.2) is 24.3 Å². The highest BCUT2D eigenvalue weighted by molar-refractivity contribution is 5.72. The van der Waals surface area contributed by atoms with Crippen LogP contribution in [0.1, 0.15) is 30.0 Å². The van der Waals surface area contributed by atoms with Crippen LogP contribution < -0.4 is 11.1 Å². The molecule has 0 aliphatic heterocycles. The first kappa shape index (κ1) is 11.5. The largest absolute Gasteiger partial charge is 0.327 e. The predicted molar refractivity (Wildman–Crippen MR) is 66.2 cm³/mol. The van der Waals surface area contributed by atoms with Gasteiger partial charge in [0, 0.05) is 7.05 Å². The lowest BCUT2D eigenvalue weighted by Gasteiger charge is -2.24. The van der Waals surface area contributed by atoms with Gasteiger partial charge in [0.1, 0.15) is 6.04 Å². The molecule has 0 bridgehead atoms. The van der Waals surface area contributed by atoms with E-state index in [1.165, 1.54) is 11.1 Å². The van der Waals surface area contributed by atoms with Crippen LogP contribution in [0.4, 0.5) is 0 Å². The van der Waals surface area contributed by atoms with Crippen molar-refractivity contribution in [3.8, 4) is 6.19 Å². The van der Waals surface area contributed by atoms with Gasteiger partial charge >= 0.3 is 12.2 Å². The van der Waals surface area contributed by atoms with Gasteiger partial charge in [-0.1, -0.05) is 24.3 Å². The van der Waals surface area contributed by atoms with E-state index in [9.17, 15) is 5.26 Å². The Bertz CT molecular complexity index is 484. The second-order valence-electron chi connectivity index (χ2n) is 4.21. The van der Waals surface area contributed by atoms with Crippen LogP contribution in [0.2, 0.25) is 0 Å². The van der Waals surface area contributed by atoms with Gasteiger partial charge in [-0.15, -0.1) is 0 Å². The average molecular weight is 229 g/mol. The van der Waals surface area contributed by atoms with Crippen molar-refractivity contribution in [1.82, 2.24) is 5.32 Å². The first-order valence-corrected chi connectivity index (χ1v) is 5.85. The SMILES string of the molecule is CNC(N)=[N+](C#N)C1CCCc2ccccc21. The van der Waals surface area contributed by atoms with Gasteiger partial charge in [-0.2, -0.15) is 4.58 Å². The third-order valence-electron chi connectivity index (χ3n) is 3.27. The molecular formula is C13H17N4+. The van der Waals surface area contributed by atoms with Crippen LogP contribution in [-0.4, -0.2) is 17.6 Å². The Balaban J connectivity index is 2.46. The number of nitrogens with two attached hydrogens (primary N) is 1. The first-order chi connectivity index (χ1) is 8.27. The summed E-state index contributed by atoms with van der Waals surface area (Å²) in [4.78, 5) is 0. The number of hydrogen-bond acceptors (Lipinski definition) is 1. The molecule has 0 aromatic heterocycles. The molecule has 0 spiro atoms. The molecule has 0 amide bonds. The summed E-state index contributed by atoms with van der Waals surface area (Å²) in [7, 11) is 1.73. The number of nitrogens with one attached hydrogen (secondary N) is 1. The summed E-state index contributed by atoms with van der Waals surface area (Å²) in [6.07, 6.45) is 5.32. The van der Waals surface area contributed by atoms with E-state index in [1.807, 2.05) is 12.1 Å². The summed E-state index contributed by atoms with van der Waals surface area (Å²) in [5.41, 5.74) is 8.37. The third kappa shape index (κ3) is 2.09. The Morgan fingerprint density at radius 1 is 1.53 bits per heavy atom. The normalized spacial score (nSPS) is 19.9. The van der Waals surface area contributed by atoms with Crippen LogP contribution in [0, 0.1) is 11.5 Å². The zero-order chi connectivity index (χ0) is 12.3. The summed E-state index contributed by atoms with van der Waals surface area (Å²) >= 11 is 0. The minimum absolute atomic E-state index is 0.0670. The minimum Gasteiger partial charge on any atom is -0.310 e. The lowest BCUT2D eigenvalue weighted by molar-refractivity contribution is -0.495. The fraction of sp³-hybridized carbons (Fsp3) is 0.385. The Morgan fingerprint density at radius 3 is 3.00 bits per heavy atom. The maximum absolute atomic E-state index is 9.24. The zero-order valence-corrected chi connectivity index (χ0v) is 9.98. The molecule has 0 saturated carbocycles. The monoisotopic (exact) mass is 229 g/mol. The standard InChI is InChI=1S/C13H16N4/c1-16-13(15)17(9-14)12-8-4-6-10-5-2-3-7-11(10)12/h2-3,5,7,12H,4,6,8H2,1H3,(H2,15,16)/p+1. The smallest absolute Gasteiger partial charge is 0.310 e. The van der Waals surface area contributed by atoms with E-state index in [2.05, 4.69) is 23.6 Å². The van der Waals surface area contributed by atoms with Crippen LogP contribution in [-0.2, 0) is 6.42 Å². The van der Waals surface area contributed by atoms with Gasteiger partial charge in [0.2, 0.25) is 0 Å². The fourth-order valence-electron chi connectivity index (χ4n) is 2.41. The number of fused-ring (bicyclic) bond motifs is 1. The van der Waals surface area contributed by atoms with Crippen LogP contribution >= 0.6 is 0 Å². The maximum atomic E-state index is 9.24. The first-order valence-electron chi connectivity index (χ1n) is 5.85. The van der Waals surface area contributed by atoms with E-state index in [1.54, 1.807) is 11.6 Å². The molecule has 0 saturated heterocycles. The Hall–Kier alpha value is -2.02. The molecule has 4 nitrogen and oxygen atoms in total. The quantitative estimate of drug-likeness (QED) is 0.249. The number of guanidine groups is 1. The van der Waals surface area contributed by atoms with Crippen molar-refractivity contribution in [3.63, 3.8) is 0 Å². The summed E-state index contributed by atoms with van der Waals surface area (Å²) < 4.78 is 1.57. The Morgan fingerprint density at radius 2 is 2.29 bits per heavy atom. The molecule has 1 aromatic carbocycles. The fourth-order valence-corrected chi connectivity index (χ4v) is 2.41. The third-order valence-corrected chi connectivity index (χ3v) is 3.27. The van der Waals surface area contributed by atoms with E-state index >= 15 is 0 Å². The van der Waals surface area contributed by atoms with E-state index in [0.717, 1.165) is 19.3 Å². The summed E-state index contributed by atoms with van der Waals surface area (Å²) in [5, 5.41) is 12.1. The van der Waals surface area contributed by atoms with E-state index in [-0.39, 0.29) is 6.04 Å². The van der Waals surface area contributed by atoms with Gasteiger partial charge in [0.05, 0.1) is 0 Å². The van der Waals surface area contributed by atoms with Crippen molar-refractivity contribution in [2.45, 2.75) is 25.3 Å². The zero-order valence-electron chi connectivity index (χ0n) is 9.98. The second-order valence-corrected chi connectivity index (χ2v) is 4.21. The van der Waals surface area contributed by atoms with Gasteiger partial charge in [-0.05, 0) is 35.7 Å². The Kier molecular flexibility index (Phi) is 3.29. The van der Waals surface area contributed by atoms with Gasteiger partial charge in [0.25, 0.3) is 0 Å². The van der Waals surface area contributed by atoms with Crippen molar-refractivity contribution in [1.29, 1.82) is 5.26 Å². The highest BCUT2D eigenvalue weighted by Crippen LogP contribution is 2.31. The molecule has 1 atom stereocenters. The molecule has 17 heavy (non-hydrogen) atoms. The second kappa shape index (κ2) is 4.88. The van der Waals surface area contributed by atoms with Crippen LogP contribution in [0.3, 0.4) is 0 Å². The molecule has 1 aliphatic rings. The van der Waals surface area contributed by atoms with Gasteiger partial charge in [0.15, 0.2) is 0 Å². The number of benzene rings is 1. The van der Waals surface area contributed by atoms with Crippen molar-refractivity contribution in [2.24, 2.45) is 5.73 Å². The topological polar surface area (TPSA) is 64.8 Å². The lowest BCUT2D eigenvalue weighted by Crippen LogP contribution is -2.39. The molecule has 3 N–H and O–H groups in total. The summed E-state index contributed by atoms with van der Waals surface area (Å²) in [6, 6.07) is 8.35. The molecule has 1 aliphatic carbocycles. The predicted octanol–water partition coefficient (Wildman–Crippen LogP) is 1.09. The number of hydrogen-bond donors (Lipinski definition) is 2. The molecule has 0 heterocycles. The van der Waals surface area contributed by atoms with Gasteiger partial charge in [-0.3, -0.25) is 5.32 Å². The molecular weight excluding hydrogens is 212 g/mol. The van der Waals surface area contributed by atoms with Crippen molar-refractivity contribution >= 4 is 5.96 Å². The molecule has 4 heteroatoms. The molecule has 1 unspecified atom stereocenters.